The van der Waals surface area contributed by atoms with Crippen LogP contribution in [0.3, 0.4) is 0 Å². The van der Waals surface area contributed by atoms with E-state index in [0.29, 0.717) is 23.9 Å². The summed E-state index contributed by atoms with van der Waals surface area (Å²) >= 11 is 0. The molecule has 0 aromatic carbocycles. The molecule has 2 unspecified atom stereocenters. The Balaban J connectivity index is 4.12. The van der Waals surface area contributed by atoms with Crippen LogP contribution in [0.15, 0.2) is 97.2 Å². The van der Waals surface area contributed by atoms with Gasteiger partial charge in [-0.15, -0.1) is 0 Å². The normalized spacial score (nSPS) is 14.1. The number of carbonyl (C=O) groups is 2. The maximum absolute atomic E-state index is 12.8. The summed E-state index contributed by atoms with van der Waals surface area (Å²) in [5, 5.41) is 0. The summed E-state index contributed by atoms with van der Waals surface area (Å²) in [5.74, 6) is -0.883. The van der Waals surface area contributed by atoms with E-state index < -0.39 is 32.5 Å². The molecule has 2 atom stereocenters. The molecule has 0 spiro atoms. The Labute approximate surface area is 430 Å². The smallest absolute Gasteiger partial charge is 0.306 e. The van der Waals surface area contributed by atoms with Crippen molar-refractivity contribution in [3.63, 3.8) is 0 Å². The van der Waals surface area contributed by atoms with Gasteiger partial charge >= 0.3 is 11.9 Å². The number of ether oxygens (including phenoxy) is 2. The highest BCUT2D eigenvalue weighted by molar-refractivity contribution is 7.45. The van der Waals surface area contributed by atoms with Crippen molar-refractivity contribution in [3.8, 4) is 0 Å². The van der Waals surface area contributed by atoms with Crippen molar-refractivity contribution in [1.29, 1.82) is 0 Å². The minimum atomic E-state index is -4.65. The van der Waals surface area contributed by atoms with Crippen LogP contribution < -0.4 is 4.89 Å². The Morgan fingerprint density at radius 2 is 0.771 bits per heavy atom. The number of quaternary nitrogens is 1. The van der Waals surface area contributed by atoms with Crippen molar-refractivity contribution < 1.29 is 42.1 Å². The van der Waals surface area contributed by atoms with Gasteiger partial charge in [0.15, 0.2) is 6.10 Å². The second kappa shape index (κ2) is 50.9. The van der Waals surface area contributed by atoms with Crippen molar-refractivity contribution in [2.24, 2.45) is 0 Å². The van der Waals surface area contributed by atoms with Gasteiger partial charge in [0.05, 0.1) is 27.7 Å². The number of hydrogen-bond donors (Lipinski definition) is 0. The monoisotopic (exact) mass is 998 g/mol. The van der Waals surface area contributed by atoms with Gasteiger partial charge in [-0.1, -0.05) is 214 Å². The van der Waals surface area contributed by atoms with E-state index in [2.05, 4.69) is 111 Å². The lowest BCUT2D eigenvalue weighted by Gasteiger charge is -2.28. The zero-order valence-electron chi connectivity index (χ0n) is 45.4. The Kier molecular flexibility index (Phi) is 48.6. The molecule has 0 aromatic rings. The first-order chi connectivity index (χ1) is 34.0. The number of nitrogens with zero attached hydrogens (tertiary/aromatic N) is 1. The summed E-state index contributed by atoms with van der Waals surface area (Å²) in [6.45, 7) is 3.96. The van der Waals surface area contributed by atoms with Crippen LogP contribution in [0.2, 0.25) is 0 Å². The lowest BCUT2D eigenvalue weighted by molar-refractivity contribution is -0.870. The van der Waals surface area contributed by atoms with Crippen molar-refractivity contribution in [2.45, 2.75) is 225 Å². The van der Waals surface area contributed by atoms with E-state index in [4.69, 9.17) is 18.5 Å². The quantitative estimate of drug-likeness (QED) is 0.0195. The first-order valence-electron chi connectivity index (χ1n) is 27.9. The zero-order chi connectivity index (χ0) is 51.3. The lowest BCUT2D eigenvalue weighted by atomic mass is 10.0. The molecule has 0 bridgehead atoms. The van der Waals surface area contributed by atoms with Gasteiger partial charge < -0.3 is 27.9 Å². The van der Waals surface area contributed by atoms with Gasteiger partial charge in [0.1, 0.15) is 19.8 Å². The molecule has 0 N–H and O–H groups in total. The van der Waals surface area contributed by atoms with Gasteiger partial charge in [-0.2, -0.15) is 0 Å². The Morgan fingerprint density at radius 3 is 1.17 bits per heavy atom. The predicted molar refractivity (Wildman–Crippen MR) is 295 cm³/mol. The molecule has 0 saturated carbocycles. The van der Waals surface area contributed by atoms with Gasteiger partial charge in [0.2, 0.25) is 0 Å². The second-order valence-corrected chi connectivity index (χ2v) is 20.9. The number of allylic oxidation sites excluding steroid dienone is 16. The van der Waals surface area contributed by atoms with Crippen LogP contribution in [0, 0.1) is 0 Å². The highest BCUT2D eigenvalue weighted by Gasteiger charge is 2.21. The fourth-order valence-corrected chi connectivity index (χ4v) is 8.07. The van der Waals surface area contributed by atoms with E-state index >= 15 is 0 Å². The van der Waals surface area contributed by atoms with Crippen molar-refractivity contribution in [2.75, 3.05) is 47.5 Å². The SMILES string of the molecule is CC/C=C\C/C=C\C/C=C\C/C=C\CCCCCCCCCCCCCCCCCCCCC(=O)OC(COC(=O)CCCC/C=C\C/C=C\C/C=C\C/C=C\CC)COP(=O)([O-])OCC[N+](C)(C)C. The molecule has 0 radical (unpaired) electrons. The highest BCUT2D eigenvalue weighted by Crippen LogP contribution is 2.38. The van der Waals surface area contributed by atoms with Crippen LogP contribution in [-0.2, 0) is 32.7 Å². The predicted octanol–water partition coefficient (Wildman–Crippen LogP) is 16.6. The maximum Gasteiger partial charge on any atom is 0.306 e. The molecule has 0 aliphatic heterocycles. The molecule has 0 amide bonds. The van der Waals surface area contributed by atoms with Gasteiger partial charge in [0, 0.05) is 12.8 Å². The first kappa shape index (κ1) is 66.9. The molecule has 0 heterocycles. The van der Waals surface area contributed by atoms with E-state index in [9.17, 15) is 19.0 Å². The van der Waals surface area contributed by atoms with Crippen LogP contribution in [0.5, 0.6) is 0 Å². The Morgan fingerprint density at radius 1 is 0.443 bits per heavy atom. The van der Waals surface area contributed by atoms with E-state index in [-0.39, 0.29) is 26.1 Å². The first-order valence-corrected chi connectivity index (χ1v) is 29.4. The fourth-order valence-electron chi connectivity index (χ4n) is 7.34. The number of likely N-dealkylation sites (N-methyl/N-ethyl adjacent to an activating group) is 1. The van der Waals surface area contributed by atoms with Crippen molar-refractivity contribution in [3.05, 3.63) is 97.2 Å². The molecule has 0 fully saturated rings. The second-order valence-electron chi connectivity index (χ2n) is 19.5. The van der Waals surface area contributed by atoms with Crippen LogP contribution in [0.4, 0.5) is 0 Å². The van der Waals surface area contributed by atoms with Crippen LogP contribution in [0.25, 0.3) is 0 Å². The van der Waals surface area contributed by atoms with E-state index in [0.717, 1.165) is 83.5 Å². The van der Waals surface area contributed by atoms with Crippen molar-refractivity contribution in [1.82, 2.24) is 0 Å². The molecule has 0 rings (SSSR count). The number of esters is 2. The van der Waals surface area contributed by atoms with Crippen LogP contribution in [0.1, 0.15) is 219 Å². The third kappa shape index (κ3) is 54.3. The third-order valence-corrected chi connectivity index (χ3v) is 12.6. The molecular formula is C60H104NO8P. The van der Waals surface area contributed by atoms with Crippen LogP contribution in [-0.4, -0.2) is 70.0 Å². The minimum Gasteiger partial charge on any atom is -0.756 e. The summed E-state index contributed by atoms with van der Waals surface area (Å²) < 4.78 is 34.0. The zero-order valence-corrected chi connectivity index (χ0v) is 46.3. The van der Waals surface area contributed by atoms with Gasteiger partial charge in [0.25, 0.3) is 7.82 Å². The molecular weight excluding hydrogens is 894 g/mol. The molecule has 0 saturated heterocycles. The highest BCUT2D eigenvalue weighted by atomic mass is 31.2. The summed E-state index contributed by atoms with van der Waals surface area (Å²) in [6.07, 6.45) is 69.0. The molecule has 10 heteroatoms. The molecule has 70 heavy (non-hydrogen) atoms. The molecule has 9 nitrogen and oxygen atoms in total. The lowest BCUT2D eigenvalue weighted by Crippen LogP contribution is -2.37. The molecule has 0 aliphatic rings. The fraction of sp³-hybridized carbons (Fsp3) is 0.700. The topological polar surface area (TPSA) is 111 Å². The summed E-state index contributed by atoms with van der Waals surface area (Å²) in [5.41, 5.74) is 0. The van der Waals surface area contributed by atoms with E-state index in [1.165, 1.54) is 96.3 Å². The Hall–Kier alpha value is -3.07. The number of phosphoric ester groups is 1. The number of carbonyl (C=O) groups excluding carboxylic acids is 2. The number of rotatable bonds is 50. The average Bonchev–Trinajstić information content (AvgIpc) is 3.32. The summed E-state index contributed by atoms with van der Waals surface area (Å²) in [6, 6.07) is 0. The maximum atomic E-state index is 12.8. The van der Waals surface area contributed by atoms with Crippen LogP contribution >= 0.6 is 7.82 Å². The van der Waals surface area contributed by atoms with Gasteiger partial charge in [-0.05, 0) is 89.9 Å². The standard InChI is InChI=1S/C60H104NO8P/c1-6-8-10-12-14-16-18-20-22-23-24-25-26-27-28-29-30-31-32-33-34-35-36-37-39-41-43-45-47-49-51-53-60(63)69-58(57-68-70(64,65)67-55-54-61(3,4)5)56-66-59(62)52-50-48-46-44-42-40-38-21-19-17-15-13-11-9-7-2/h8-11,14-17,20-22,24-25,38,42,44,58H,6-7,12-13,18-19,23,26-37,39-41,43,45-57H2,1-5H3/b10-8-,11-9-,16-14-,17-15-,22-20-,25-24-,38-21-,44-42-. The largest absolute Gasteiger partial charge is 0.756 e. The van der Waals surface area contributed by atoms with Gasteiger partial charge in [-0.25, -0.2) is 0 Å². The minimum absolute atomic E-state index is 0.0409. The van der Waals surface area contributed by atoms with Crippen molar-refractivity contribution >= 4 is 19.8 Å². The number of hydrogen-bond acceptors (Lipinski definition) is 8. The molecule has 402 valence electrons. The Bertz CT molecular complexity index is 1500. The van der Waals surface area contributed by atoms with E-state index in [1.54, 1.807) is 0 Å². The number of phosphoric acid groups is 1. The molecule has 0 aliphatic carbocycles. The molecule has 0 aromatic heterocycles. The van der Waals surface area contributed by atoms with E-state index in [1.807, 2.05) is 21.1 Å². The van der Waals surface area contributed by atoms with Gasteiger partial charge in [-0.3, -0.25) is 14.2 Å². The average molecular weight is 998 g/mol. The summed E-state index contributed by atoms with van der Waals surface area (Å²) in [7, 11) is 1.14. The third-order valence-electron chi connectivity index (χ3n) is 11.6. The summed E-state index contributed by atoms with van der Waals surface area (Å²) in [4.78, 5) is 37.8. The number of unbranched alkanes of at least 4 members (excludes halogenated alkanes) is 20.